The second kappa shape index (κ2) is 6.95. The molecule has 1 fully saturated rings. The van der Waals surface area contributed by atoms with Crippen molar-refractivity contribution in [2.24, 2.45) is 0 Å². The van der Waals surface area contributed by atoms with Crippen molar-refractivity contribution in [1.29, 1.82) is 0 Å². The molecule has 2 N–H and O–H groups in total. The molecule has 3 aromatic heterocycles. The molecule has 0 radical (unpaired) electrons. The van der Waals surface area contributed by atoms with Crippen molar-refractivity contribution in [3.63, 3.8) is 0 Å². The predicted octanol–water partition coefficient (Wildman–Crippen LogP) is 2.89. The molecule has 7 heteroatoms. The molecule has 0 unspecified atom stereocenters. The Morgan fingerprint density at radius 2 is 2.23 bits per heavy atom. The quantitative estimate of drug-likeness (QED) is 0.757. The van der Waals surface area contributed by atoms with Crippen LogP contribution in [0.2, 0.25) is 0 Å². The Bertz CT molecular complexity index is 907. The van der Waals surface area contributed by atoms with Gasteiger partial charge in [-0.1, -0.05) is 0 Å². The van der Waals surface area contributed by atoms with Crippen LogP contribution in [0.3, 0.4) is 0 Å². The van der Waals surface area contributed by atoms with E-state index >= 15 is 0 Å². The van der Waals surface area contributed by atoms with Crippen LogP contribution in [0.5, 0.6) is 0 Å². The highest BCUT2D eigenvalue weighted by molar-refractivity contribution is 5.93. The van der Waals surface area contributed by atoms with E-state index in [0.717, 1.165) is 42.0 Å². The summed E-state index contributed by atoms with van der Waals surface area (Å²) in [7, 11) is 1.84. The topological polar surface area (TPSA) is 86.8 Å². The number of anilines is 1. The highest BCUT2D eigenvalue weighted by Gasteiger charge is 2.31. The van der Waals surface area contributed by atoms with E-state index in [1.165, 1.54) is 0 Å². The first kappa shape index (κ1) is 16.3. The zero-order chi connectivity index (χ0) is 17.9. The lowest BCUT2D eigenvalue weighted by atomic mass is 10.1. The minimum Gasteiger partial charge on any atom is -0.373 e. The second-order valence-corrected chi connectivity index (χ2v) is 6.29. The molecular formula is C19H20N6O. The van der Waals surface area contributed by atoms with Crippen molar-refractivity contribution in [2.75, 3.05) is 18.9 Å². The molecule has 132 valence electrons. The van der Waals surface area contributed by atoms with Crippen molar-refractivity contribution in [3.8, 4) is 11.3 Å². The summed E-state index contributed by atoms with van der Waals surface area (Å²) < 4.78 is 0. The van der Waals surface area contributed by atoms with Gasteiger partial charge in [0.25, 0.3) is 5.91 Å². The zero-order valence-corrected chi connectivity index (χ0v) is 14.5. The van der Waals surface area contributed by atoms with Crippen LogP contribution in [0.25, 0.3) is 11.3 Å². The van der Waals surface area contributed by atoms with Gasteiger partial charge < -0.3 is 10.2 Å². The van der Waals surface area contributed by atoms with Crippen LogP contribution in [0, 0.1) is 0 Å². The van der Waals surface area contributed by atoms with E-state index in [9.17, 15) is 4.79 Å². The largest absolute Gasteiger partial charge is 0.373 e. The Morgan fingerprint density at radius 3 is 3.04 bits per heavy atom. The number of aromatic nitrogens is 4. The minimum atomic E-state index is -0.0297. The number of amides is 1. The summed E-state index contributed by atoms with van der Waals surface area (Å²) >= 11 is 0. The molecule has 1 saturated heterocycles. The molecule has 0 saturated carbocycles. The lowest BCUT2D eigenvalue weighted by Crippen LogP contribution is -2.30. The molecule has 26 heavy (non-hydrogen) atoms. The molecule has 0 bridgehead atoms. The first-order chi connectivity index (χ1) is 12.8. The fourth-order valence-corrected chi connectivity index (χ4v) is 3.40. The summed E-state index contributed by atoms with van der Waals surface area (Å²) in [6, 6.07) is 9.61. The molecule has 1 amide bonds. The van der Waals surface area contributed by atoms with Gasteiger partial charge in [0.05, 0.1) is 11.7 Å². The molecule has 4 rings (SSSR count). The number of nitrogens with one attached hydrogen (secondary N) is 2. The summed E-state index contributed by atoms with van der Waals surface area (Å²) in [5, 5.41) is 10.2. The predicted molar refractivity (Wildman–Crippen MR) is 98.6 cm³/mol. The van der Waals surface area contributed by atoms with E-state index in [1.807, 2.05) is 36.2 Å². The second-order valence-electron chi connectivity index (χ2n) is 6.29. The van der Waals surface area contributed by atoms with Gasteiger partial charge in [0.2, 0.25) is 0 Å². The average molecular weight is 348 g/mol. The fraction of sp³-hybridized carbons (Fsp3) is 0.263. The van der Waals surface area contributed by atoms with Crippen LogP contribution in [-0.2, 0) is 0 Å². The maximum absolute atomic E-state index is 13.0. The van der Waals surface area contributed by atoms with Crippen molar-refractivity contribution in [1.82, 2.24) is 25.1 Å². The number of carbonyl (C=O) groups excluding carboxylic acids is 1. The number of hydrogen-bond donors (Lipinski definition) is 2. The Morgan fingerprint density at radius 1 is 1.31 bits per heavy atom. The van der Waals surface area contributed by atoms with E-state index in [0.29, 0.717) is 5.69 Å². The van der Waals surface area contributed by atoms with Crippen molar-refractivity contribution < 1.29 is 4.79 Å². The number of likely N-dealkylation sites (tertiary alicyclic amines) is 1. The van der Waals surface area contributed by atoms with E-state index in [1.54, 1.807) is 24.7 Å². The Kier molecular flexibility index (Phi) is 4.35. The van der Waals surface area contributed by atoms with E-state index in [2.05, 4.69) is 25.5 Å². The summed E-state index contributed by atoms with van der Waals surface area (Å²) in [6.45, 7) is 0.738. The van der Waals surface area contributed by atoms with Crippen molar-refractivity contribution in [2.45, 2.75) is 18.9 Å². The number of H-pyrrole nitrogens is 1. The first-order valence-electron chi connectivity index (χ1n) is 8.67. The molecule has 0 spiro atoms. The lowest BCUT2D eigenvalue weighted by Gasteiger charge is -2.24. The van der Waals surface area contributed by atoms with Gasteiger partial charge in [-0.15, -0.1) is 0 Å². The van der Waals surface area contributed by atoms with Crippen LogP contribution >= 0.6 is 0 Å². The van der Waals surface area contributed by atoms with Crippen LogP contribution in [0.4, 0.5) is 5.82 Å². The monoisotopic (exact) mass is 348 g/mol. The molecule has 3 aromatic rings. The average Bonchev–Trinajstić information content (AvgIpc) is 3.38. The third-order valence-corrected chi connectivity index (χ3v) is 4.70. The summed E-state index contributed by atoms with van der Waals surface area (Å²) in [5.41, 5.74) is 3.20. The van der Waals surface area contributed by atoms with Gasteiger partial charge in [-0.2, -0.15) is 5.10 Å². The summed E-state index contributed by atoms with van der Waals surface area (Å²) in [4.78, 5) is 23.3. The van der Waals surface area contributed by atoms with Gasteiger partial charge in [0.15, 0.2) is 0 Å². The number of rotatable bonds is 4. The van der Waals surface area contributed by atoms with E-state index < -0.39 is 0 Å². The highest BCUT2D eigenvalue weighted by atomic mass is 16.2. The Hall–Kier alpha value is -3.22. The molecule has 0 aliphatic carbocycles. The molecule has 4 heterocycles. The smallest absolute Gasteiger partial charge is 0.272 e. The number of pyridine rings is 2. The number of nitrogens with zero attached hydrogens (tertiary/aromatic N) is 4. The Labute approximate surface area is 151 Å². The van der Waals surface area contributed by atoms with Crippen LogP contribution in [-0.4, -0.2) is 44.6 Å². The molecule has 1 aliphatic heterocycles. The highest BCUT2D eigenvalue weighted by Crippen LogP contribution is 2.33. The maximum Gasteiger partial charge on any atom is 0.272 e. The molecular weight excluding hydrogens is 328 g/mol. The van der Waals surface area contributed by atoms with Gasteiger partial charge in [-0.25, -0.2) is 4.98 Å². The van der Waals surface area contributed by atoms with Gasteiger partial charge >= 0.3 is 0 Å². The Balaban J connectivity index is 1.58. The molecule has 1 aliphatic rings. The van der Waals surface area contributed by atoms with Crippen LogP contribution < -0.4 is 5.32 Å². The van der Waals surface area contributed by atoms with Gasteiger partial charge in [0.1, 0.15) is 11.5 Å². The van der Waals surface area contributed by atoms with Gasteiger partial charge in [-0.3, -0.25) is 14.9 Å². The van der Waals surface area contributed by atoms with Crippen molar-refractivity contribution >= 4 is 11.7 Å². The minimum absolute atomic E-state index is 0.0297. The van der Waals surface area contributed by atoms with Crippen LogP contribution in [0.1, 0.15) is 34.9 Å². The van der Waals surface area contributed by atoms with Crippen LogP contribution in [0.15, 0.2) is 48.9 Å². The number of hydrogen-bond acceptors (Lipinski definition) is 5. The standard InChI is InChI=1S/C19H20N6O/c1-20-18-10-13(6-8-22-18)17-5-3-9-25(17)19(26)16-11-15(23-24-16)14-4-2-7-21-12-14/h2,4,6-8,10-12,17H,3,5,9H2,1H3,(H,20,22)(H,23,24)/t17-/m1/s1. The number of aromatic amines is 1. The molecule has 7 nitrogen and oxygen atoms in total. The normalized spacial score (nSPS) is 16.7. The van der Waals surface area contributed by atoms with Gasteiger partial charge in [-0.05, 0) is 48.7 Å². The third-order valence-electron chi connectivity index (χ3n) is 4.70. The maximum atomic E-state index is 13.0. The third kappa shape index (κ3) is 3.03. The number of carbonyl (C=O) groups is 1. The first-order valence-corrected chi connectivity index (χ1v) is 8.67. The molecule has 1 atom stereocenters. The molecule has 0 aromatic carbocycles. The SMILES string of the molecule is CNc1cc([C@H]2CCCN2C(=O)c2cc(-c3cccnc3)n[nH]2)ccn1. The lowest BCUT2D eigenvalue weighted by molar-refractivity contribution is 0.0729. The fourth-order valence-electron chi connectivity index (χ4n) is 3.40. The van der Waals surface area contributed by atoms with Gasteiger partial charge in [0, 0.05) is 37.7 Å². The zero-order valence-electron chi connectivity index (χ0n) is 14.5. The van der Waals surface area contributed by atoms with Crippen molar-refractivity contribution in [3.05, 3.63) is 60.2 Å². The summed E-state index contributed by atoms with van der Waals surface area (Å²) in [5.74, 6) is 0.778. The van der Waals surface area contributed by atoms with E-state index in [4.69, 9.17) is 0 Å². The summed E-state index contributed by atoms with van der Waals surface area (Å²) in [6.07, 6.45) is 7.16. The van der Waals surface area contributed by atoms with E-state index in [-0.39, 0.29) is 11.9 Å².